The van der Waals surface area contributed by atoms with Crippen LogP contribution in [0.4, 0.5) is 0 Å². The molecule has 4 nitrogen and oxygen atoms in total. The summed E-state index contributed by atoms with van der Waals surface area (Å²) >= 11 is 6.01. The van der Waals surface area contributed by atoms with Crippen molar-refractivity contribution in [2.24, 2.45) is 0 Å². The molecule has 94 valence electrons. The molecule has 0 radical (unpaired) electrons. The molecule has 0 aliphatic rings. The number of phenolic OH excluding ortho intramolecular Hbond substituents is 2. The Kier molecular flexibility index (Phi) is 2.72. The number of aromatic nitrogens is 2. The molecule has 0 aliphatic heterocycles. The van der Waals surface area contributed by atoms with Crippen LogP contribution in [0.2, 0.25) is 5.15 Å². The van der Waals surface area contributed by atoms with Crippen LogP contribution in [0.15, 0.2) is 42.5 Å². The van der Waals surface area contributed by atoms with E-state index in [4.69, 9.17) is 11.6 Å². The lowest BCUT2D eigenvalue weighted by molar-refractivity contribution is 0.452. The Morgan fingerprint density at radius 1 is 0.895 bits per heavy atom. The Morgan fingerprint density at radius 2 is 1.63 bits per heavy atom. The molecule has 1 aromatic heterocycles. The van der Waals surface area contributed by atoms with Gasteiger partial charge < -0.3 is 10.2 Å². The average molecular weight is 273 g/mol. The average Bonchev–Trinajstić information content (AvgIpc) is 2.41. The van der Waals surface area contributed by atoms with Gasteiger partial charge in [0.2, 0.25) is 0 Å². The van der Waals surface area contributed by atoms with Gasteiger partial charge in [-0.2, -0.15) is 0 Å². The number of aromatic hydroxyl groups is 2. The molecule has 3 rings (SSSR count). The largest absolute Gasteiger partial charge is 0.508 e. The summed E-state index contributed by atoms with van der Waals surface area (Å²) in [7, 11) is 0. The Morgan fingerprint density at radius 3 is 2.37 bits per heavy atom. The summed E-state index contributed by atoms with van der Waals surface area (Å²) in [5.41, 5.74) is 1.02. The molecule has 19 heavy (non-hydrogen) atoms. The fourth-order valence-corrected chi connectivity index (χ4v) is 2.19. The van der Waals surface area contributed by atoms with Crippen molar-refractivity contribution in [1.29, 1.82) is 0 Å². The molecule has 1 heterocycles. The first-order chi connectivity index (χ1) is 9.16. The zero-order chi connectivity index (χ0) is 13.4. The van der Waals surface area contributed by atoms with Crippen molar-refractivity contribution >= 4 is 22.4 Å². The molecule has 2 N–H and O–H groups in total. The lowest BCUT2D eigenvalue weighted by atomic mass is 10.0. The number of nitrogens with zero attached hydrogens (tertiary/aromatic N) is 2. The zero-order valence-corrected chi connectivity index (χ0v) is 10.5. The number of rotatable bonds is 1. The normalized spacial score (nSPS) is 10.8. The fourth-order valence-electron chi connectivity index (χ4n) is 1.99. The van der Waals surface area contributed by atoms with Gasteiger partial charge in [-0.1, -0.05) is 35.9 Å². The Hall–Kier alpha value is -2.33. The van der Waals surface area contributed by atoms with E-state index in [0.29, 0.717) is 16.4 Å². The van der Waals surface area contributed by atoms with Crippen LogP contribution in [0.25, 0.3) is 22.0 Å². The highest BCUT2D eigenvalue weighted by molar-refractivity contribution is 6.34. The van der Waals surface area contributed by atoms with E-state index in [1.165, 1.54) is 12.1 Å². The standard InChI is InChI=1S/C14H9ClN2O2/c15-14-10-4-2-1-3-9(10)13(16-17-14)11-6-5-8(18)7-12(11)19/h1-7,18-19H. The maximum atomic E-state index is 9.91. The van der Waals surface area contributed by atoms with Gasteiger partial charge in [0, 0.05) is 22.4 Å². The van der Waals surface area contributed by atoms with Gasteiger partial charge in [0.1, 0.15) is 17.2 Å². The van der Waals surface area contributed by atoms with E-state index in [2.05, 4.69) is 10.2 Å². The maximum Gasteiger partial charge on any atom is 0.159 e. The summed E-state index contributed by atoms with van der Waals surface area (Å²) in [5, 5.41) is 29.0. The molecule has 0 saturated carbocycles. The van der Waals surface area contributed by atoms with E-state index < -0.39 is 0 Å². The zero-order valence-electron chi connectivity index (χ0n) is 9.71. The monoisotopic (exact) mass is 272 g/mol. The van der Waals surface area contributed by atoms with Gasteiger partial charge in [-0.3, -0.25) is 0 Å². The van der Waals surface area contributed by atoms with Crippen LogP contribution in [0, 0.1) is 0 Å². The quantitative estimate of drug-likeness (QED) is 0.713. The van der Waals surface area contributed by atoms with Crippen LogP contribution >= 0.6 is 11.6 Å². The van der Waals surface area contributed by atoms with Crippen LogP contribution < -0.4 is 0 Å². The summed E-state index contributed by atoms with van der Waals surface area (Å²) in [6, 6.07) is 11.8. The van der Waals surface area contributed by atoms with E-state index in [9.17, 15) is 10.2 Å². The first kappa shape index (κ1) is 11.7. The third kappa shape index (κ3) is 1.96. The molecule has 0 amide bonds. The molecular weight excluding hydrogens is 264 g/mol. The smallest absolute Gasteiger partial charge is 0.159 e. The second-order valence-electron chi connectivity index (χ2n) is 4.09. The van der Waals surface area contributed by atoms with Crippen molar-refractivity contribution in [3.63, 3.8) is 0 Å². The van der Waals surface area contributed by atoms with Crippen LogP contribution in [0.5, 0.6) is 11.5 Å². The molecule has 0 saturated heterocycles. The summed E-state index contributed by atoms with van der Waals surface area (Å²) in [4.78, 5) is 0. The Labute approximate surface area is 113 Å². The Bertz CT molecular complexity index is 774. The predicted octanol–water partition coefficient (Wildman–Crippen LogP) is 3.36. The third-order valence-corrected chi connectivity index (χ3v) is 3.16. The second-order valence-corrected chi connectivity index (χ2v) is 4.44. The minimum absolute atomic E-state index is 0.00696. The number of hydrogen-bond donors (Lipinski definition) is 2. The Balaban J connectivity index is 2.34. The summed E-state index contributed by atoms with van der Waals surface area (Å²) in [5.74, 6) is -0.0609. The SMILES string of the molecule is Oc1ccc(-c2nnc(Cl)c3ccccc23)c(O)c1. The highest BCUT2D eigenvalue weighted by Gasteiger charge is 2.13. The van der Waals surface area contributed by atoms with Gasteiger partial charge >= 0.3 is 0 Å². The van der Waals surface area contributed by atoms with E-state index in [0.717, 1.165) is 10.8 Å². The van der Waals surface area contributed by atoms with E-state index in [-0.39, 0.29) is 11.5 Å². The molecule has 0 spiro atoms. The van der Waals surface area contributed by atoms with Crippen molar-refractivity contribution in [3.05, 3.63) is 47.6 Å². The van der Waals surface area contributed by atoms with Crippen molar-refractivity contribution in [1.82, 2.24) is 10.2 Å². The van der Waals surface area contributed by atoms with Gasteiger partial charge in [0.05, 0.1) is 0 Å². The molecule has 0 unspecified atom stereocenters. The third-order valence-electron chi connectivity index (χ3n) is 2.88. The van der Waals surface area contributed by atoms with Crippen molar-refractivity contribution in [3.8, 4) is 22.8 Å². The lowest BCUT2D eigenvalue weighted by Gasteiger charge is -2.08. The lowest BCUT2D eigenvalue weighted by Crippen LogP contribution is -1.91. The maximum absolute atomic E-state index is 9.91. The molecular formula is C14H9ClN2O2. The minimum Gasteiger partial charge on any atom is -0.508 e. The van der Waals surface area contributed by atoms with Crippen LogP contribution in [-0.4, -0.2) is 20.4 Å². The van der Waals surface area contributed by atoms with Gasteiger partial charge in [0.15, 0.2) is 5.15 Å². The van der Waals surface area contributed by atoms with Crippen molar-refractivity contribution in [2.75, 3.05) is 0 Å². The van der Waals surface area contributed by atoms with Crippen LogP contribution in [-0.2, 0) is 0 Å². The highest BCUT2D eigenvalue weighted by atomic mass is 35.5. The summed E-state index contributed by atoms with van der Waals surface area (Å²) < 4.78 is 0. The van der Waals surface area contributed by atoms with E-state index >= 15 is 0 Å². The van der Waals surface area contributed by atoms with Crippen molar-refractivity contribution in [2.45, 2.75) is 0 Å². The van der Waals surface area contributed by atoms with Gasteiger partial charge in [-0.25, -0.2) is 0 Å². The highest BCUT2D eigenvalue weighted by Crippen LogP contribution is 2.35. The van der Waals surface area contributed by atoms with Gasteiger partial charge in [-0.05, 0) is 12.1 Å². The molecule has 0 bridgehead atoms. The molecule has 0 fully saturated rings. The van der Waals surface area contributed by atoms with E-state index in [1.807, 2.05) is 24.3 Å². The molecule has 0 atom stereocenters. The molecule has 5 heteroatoms. The number of fused-ring (bicyclic) bond motifs is 1. The molecule has 3 aromatic rings. The van der Waals surface area contributed by atoms with Crippen molar-refractivity contribution < 1.29 is 10.2 Å². The number of benzene rings is 2. The summed E-state index contributed by atoms with van der Waals surface area (Å²) in [6.45, 7) is 0. The topological polar surface area (TPSA) is 66.2 Å². The number of hydrogen-bond acceptors (Lipinski definition) is 4. The summed E-state index contributed by atoms with van der Waals surface area (Å²) in [6.07, 6.45) is 0. The van der Waals surface area contributed by atoms with Crippen LogP contribution in [0.1, 0.15) is 0 Å². The molecule has 0 aliphatic carbocycles. The first-order valence-electron chi connectivity index (χ1n) is 5.60. The van der Waals surface area contributed by atoms with Gasteiger partial charge in [-0.15, -0.1) is 10.2 Å². The number of phenols is 2. The predicted molar refractivity (Wildman–Crippen MR) is 73.3 cm³/mol. The molecule has 2 aromatic carbocycles. The first-order valence-corrected chi connectivity index (χ1v) is 5.98. The number of halogens is 1. The minimum atomic E-state index is -0.0539. The van der Waals surface area contributed by atoms with Gasteiger partial charge in [0.25, 0.3) is 0 Å². The fraction of sp³-hybridized carbons (Fsp3) is 0. The van der Waals surface area contributed by atoms with E-state index in [1.54, 1.807) is 6.07 Å². The second kappa shape index (κ2) is 4.40. The van der Waals surface area contributed by atoms with Crippen LogP contribution in [0.3, 0.4) is 0 Å².